The molecule has 0 amide bonds. The molecule has 0 saturated carbocycles. The average molecular weight is 343 g/mol. The Hall–Kier alpha value is -2.14. The van der Waals surface area contributed by atoms with Crippen LogP contribution in [-0.2, 0) is 13.1 Å². The Bertz CT molecular complexity index is 730. The summed E-state index contributed by atoms with van der Waals surface area (Å²) in [7, 11) is 0. The van der Waals surface area contributed by atoms with Crippen molar-refractivity contribution in [3.05, 3.63) is 89.1 Å². The van der Waals surface area contributed by atoms with Crippen LogP contribution in [0.4, 0.5) is 0 Å². The standard InChI is InChI=1S/C19H19ClN2O2/c20-17-7-5-16(6-8-17)19(23)14-22(13-18-4-2-10-24-18)12-15-3-1-9-21-11-15/h1-11,19,23H,12-14H2. The predicted octanol–water partition coefficient (Wildman–Crippen LogP) is 4.06. The molecule has 0 fully saturated rings. The van der Waals surface area contributed by atoms with Gasteiger partial charge < -0.3 is 9.52 Å². The summed E-state index contributed by atoms with van der Waals surface area (Å²) in [4.78, 5) is 6.29. The monoisotopic (exact) mass is 342 g/mol. The molecule has 0 aliphatic carbocycles. The van der Waals surface area contributed by atoms with Crippen molar-refractivity contribution in [2.45, 2.75) is 19.2 Å². The van der Waals surface area contributed by atoms with Gasteiger partial charge in [0.1, 0.15) is 5.76 Å². The van der Waals surface area contributed by atoms with Crippen molar-refractivity contribution in [2.24, 2.45) is 0 Å². The molecule has 1 unspecified atom stereocenters. The summed E-state index contributed by atoms with van der Waals surface area (Å²) in [6.07, 6.45) is 4.65. The number of aliphatic hydroxyl groups is 1. The lowest BCUT2D eigenvalue weighted by Crippen LogP contribution is -2.28. The fourth-order valence-corrected chi connectivity index (χ4v) is 2.72. The maximum atomic E-state index is 10.6. The second-order valence-electron chi connectivity index (χ2n) is 5.68. The first kappa shape index (κ1) is 16.7. The SMILES string of the molecule is OC(CN(Cc1cccnc1)Cc1ccco1)c1ccc(Cl)cc1. The molecule has 0 aliphatic rings. The summed E-state index contributed by atoms with van der Waals surface area (Å²) < 4.78 is 5.45. The Balaban J connectivity index is 1.72. The van der Waals surface area contributed by atoms with Crippen LogP contribution >= 0.6 is 11.6 Å². The highest BCUT2D eigenvalue weighted by Crippen LogP contribution is 2.20. The van der Waals surface area contributed by atoms with E-state index in [1.807, 2.05) is 42.6 Å². The van der Waals surface area contributed by atoms with Gasteiger partial charge >= 0.3 is 0 Å². The number of halogens is 1. The van der Waals surface area contributed by atoms with Gasteiger partial charge in [0, 0.05) is 30.5 Å². The van der Waals surface area contributed by atoms with E-state index in [2.05, 4.69) is 9.88 Å². The molecule has 3 aromatic rings. The van der Waals surface area contributed by atoms with Gasteiger partial charge in [0.2, 0.25) is 0 Å². The molecule has 0 saturated heterocycles. The Morgan fingerprint density at radius 2 is 1.92 bits per heavy atom. The highest BCUT2D eigenvalue weighted by molar-refractivity contribution is 6.30. The van der Waals surface area contributed by atoms with E-state index in [-0.39, 0.29) is 0 Å². The van der Waals surface area contributed by atoms with Crippen LogP contribution in [0.2, 0.25) is 5.02 Å². The van der Waals surface area contributed by atoms with Gasteiger partial charge in [-0.1, -0.05) is 29.8 Å². The molecule has 24 heavy (non-hydrogen) atoms. The third-order valence-electron chi connectivity index (χ3n) is 3.77. The zero-order valence-corrected chi connectivity index (χ0v) is 13.9. The number of hydrogen-bond donors (Lipinski definition) is 1. The Kier molecular flexibility index (Phi) is 5.64. The maximum absolute atomic E-state index is 10.6. The van der Waals surface area contributed by atoms with E-state index >= 15 is 0 Å². The third kappa shape index (κ3) is 4.68. The molecule has 0 spiro atoms. The van der Waals surface area contributed by atoms with Crippen molar-refractivity contribution >= 4 is 11.6 Å². The molecule has 3 rings (SSSR count). The van der Waals surface area contributed by atoms with Crippen molar-refractivity contribution in [1.82, 2.24) is 9.88 Å². The van der Waals surface area contributed by atoms with E-state index in [0.29, 0.717) is 24.7 Å². The second-order valence-corrected chi connectivity index (χ2v) is 6.11. The third-order valence-corrected chi connectivity index (χ3v) is 4.03. The lowest BCUT2D eigenvalue weighted by atomic mass is 10.1. The zero-order valence-electron chi connectivity index (χ0n) is 13.2. The van der Waals surface area contributed by atoms with Gasteiger partial charge in [-0.2, -0.15) is 0 Å². The summed E-state index contributed by atoms with van der Waals surface area (Å²) in [6, 6.07) is 15.0. The van der Waals surface area contributed by atoms with Gasteiger partial charge in [0.25, 0.3) is 0 Å². The molecule has 2 aromatic heterocycles. The van der Waals surface area contributed by atoms with Crippen LogP contribution in [0.3, 0.4) is 0 Å². The van der Waals surface area contributed by atoms with E-state index in [1.54, 1.807) is 24.6 Å². The maximum Gasteiger partial charge on any atom is 0.117 e. The van der Waals surface area contributed by atoms with Crippen LogP contribution < -0.4 is 0 Å². The molecule has 0 radical (unpaired) electrons. The molecule has 1 atom stereocenters. The van der Waals surface area contributed by atoms with E-state index in [1.165, 1.54) is 0 Å². The molecular weight excluding hydrogens is 324 g/mol. The van der Waals surface area contributed by atoms with Crippen LogP contribution in [0.25, 0.3) is 0 Å². The van der Waals surface area contributed by atoms with E-state index in [4.69, 9.17) is 16.0 Å². The summed E-state index contributed by atoms with van der Waals surface area (Å²) in [5.41, 5.74) is 1.93. The van der Waals surface area contributed by atoms with Crippen molar-refractivity contribution in [1.29, 1.82) is 0 Å². The molecular formula is C19H19ClN2O2. The first-order valence-corrected chi connectivity index (χ1v) is 8.15. The number of aromatic nitrogens is 1. The summed E-state index contributed by atoms with van der Waals surface area (Å²) in [5.74, 6) is 0.863. The average Bonchev–Trinajstić information content (AvgIpc) is 3.09. The Labute approximate surface area is 146 Å². The van der Waals surface area contributed by atoms with Crippen LogP contribution in [0.5, 0.6) is 0 Å². The first-order chi connectivity index (χ1) is 11.7. The lowest BCUT2D eigenvalue weighted by Gasteiger charge is -2.24. The van der Waals surface area contributed by atoms with Gasteiger partial charge in [-0.05, 0) is 41.5 Å². The molecule has 1 aromatic carbocycles. The summed E-state index contributed by atoms with van der Waals surface area (Å²) in [5, 5.41) is 11.2. The molecule has 5 heteroatoms. The quantitative estimate of drug-likeness (QED) is 0.703. The highest BCUT2D eigenvalue weighted by Gasteiger charge is 2.16. The number of furan rings is 1. The molecule has 124 valence electrons. The minimum absolute atomic E-state index is 0.483. The minimum Gasteiger partial charge on any atom is -0.468 e. The van der Waals surface area contributed by atoms with Crippen LogP contribution in [0, 0.1) is 0 Å². The Morgan fingerprint density at radius 3 is 2.58 bits per heavy atom. The number of aliphatic hydroxyl groups excluding tert-OH is 1. The van der Waals surface area contributed by atoms with Crippen LogP contribution in [0.15, 0.2) is 71.6 Å². The number of hydrogen-bond acceptors (Lipinski definition) is 4. The number of nitrogens with zero attached hydrogens (tertiary/aromatic N) is 2. The smallest absolute Gasteiger partial charge is 0.117 e. The normalized spacial score (nSPS) is 12.5. The largest absolute Gasteiger partial charge is 0.468 e. The van der Waals surface area contributed by atoms with Gasteiger partial charge in [-0.3, -0.25) is 9.88 Å². The highest BCUT2D eigenvalue weighted by atomic mass is 35.5. The Morgan fingerprint density at radius 1 is 1.08 bits per heavy atom. The minimum atomic E-state index is -0.603. The fourth-order valence-electron chi connectivity index (χ4n) is 2.59. The number of benzene rings is 1. The van der Waals surface area contributed by atoms with Gasteiger partial charge in [0.05, 0.1) is 18.9 Å². The summed E-state index contributed by atoms with van der Waals surface area (Å²) in [6.45, 7) is 1.78. The van der Waals surface area contributed by atoms with Gasteiger partial charge in [0.15, 0.2) is 0 Å². The lowest BCUT2D eigenvalue weighted by molar-refractivity contribution is 0.100. The van der Waals surface area contributed by atoms with Crippen molar-refractivity contribution in [3.63, 3.8) is 0 Å². The molecule has 2 heterocycles. The van der Waals surface area contributed by atoms with E-state index < -0.39 is 6.10 Å². The predicted molar refractivity (Wildman–Crippen MR) is 93.5 cm³/mol. The van der Waals surface area contributed by atoms with Crippen LogP contribution in [0.1, 0.15) is 23.0 Å². The van der Waals surface area contributed by atoms with E-state index in [9.17, 15) is 5.11 Å². The molecule has 0 aliphatic heterocycles. The molecule has 1 N–H and O–H groups in total. The number of rotatable bonds is 7. The van der Waals surface area contributed by atoms with E-state index in [0.717, 1.165) is 16.9 Å². The number of pyridine rings is 1. The van der Waals surface area contributed by atoms with Gasteiger partial charge in [-0.15, -0.1) is 0 Å². The second kappa shape index (κ2) is 8.11. The molecule has 4 nitrogen and oxygen atoms in total. The van der Waals surface area contributed by atoms with Crippen molar-refractivity contribution in [3.8, 4) is 0 Å². The first-order valence-electron chi connectivity index (χ1n) is 7.78. The van der Waals surface area contributed by atoms with Crippen molar-refractivity contribution < 1.29 is 9.52 Å². The fraction of sp³-hybridized carbons (Fsp3) is 0.211. The van der Waals surface area contributed by atoms with Gasteiger partial charge in [-0.25, -0.2) is 0 Å². The van der Waals surface area contributed by atoms with Crippen molar-refractivity contribution in [2.75, 3.05) is 6.54 Å². The molecule has 0 bridgehead atoms. The topological polar surface area (TPSA) is 49.5 Å². The summed E-state index contributed by atoms with van der Waals surface area (Å²) >= 11 is 5.91. The zero-order chi connectivity index (χ0) is 16.8. The van der Waals surface area contributed by atoms with Crippen LogP contribution in [-0.4, -0.2) is 21.5 Å².